The smallest absolute Gasteiger partial charge is 0.0666 e. The van der Waals surface area contributed by atoms with Crippen LogP contribution in [0.1, 0.15) is 96.3 Å². The van der Waals surface area contributed by atoms with Crippen LogP contribution in [-0.2, 0) is 0 Å². The lowest BCUT2D eigenvalue weighted by Gasteiger charge is -2.53. The highest BCUT2D eigenvalue weighted by Gasteiger charge is 2.51. The highest BCUT2D eigenvalue weighted by Crippen LogP contribution is 2.58. The Labute approximate surface area is 140 Å². The molecule has 0 spiro atoms. The van der Waals surface area contributed by atoms with Gasteiger partial charge in [0.25, 0.3) is 0 Å². The summed E-state index contributed by atoms with van der Waals surface area (Å²) in [4.78, 5) is 0. The Morgan fingerprint density at radius 1 is 0.591 bits per heavy atom. The monoisotopic (exact) mass is 318 g/mol. The first-order valence-corrected chi connectivity index (χ1v) is 12.9. The second-order valence-corrected chi connectivity index (χ2v) is 13.7. The van der Waals surface area contributed by atoms with Gasteiger partial charge in [0, 0.05) is 0 Å². The van der Waals surface area contributed by atoms with E-state index in [2.05, 4.69) is 12.7 Å². The van der Waals surface area contributed by atoms with Crippen LogP contribution in [0.15, 0.2) is 12.7 Å². The van der Waals surface area contributed by atoms with Crippen LogP contribution in [0, 0.1) is 0 Å². The van der Waals surface area contributed by atoms with E-state index in [0.717, 1.165) is 16.6 Å². The van der Waals surface area contributed by atoms with Crippen molar-refractivity contribution in [1.82, 2.24) is 0 Å². The van der Waals surface area contributed by atoms with Crippen LogP contribution in [0.3, 0.4) is 0 Å². The average Bonchev–Trinajstić information content (AvgIpc) is 2.62. The second-order valence-electron chi connectivity index (χ2n) is 8.61. The van der Waals surface area contributed by atoms with Crippen molar-refractivity contribution >= 4 is 8.07 Å². The molecule has 0 amide bonds. The average molecular weight is 319 g/mol. The Morgan fingerprint density at radius 3 is 1.18 bits per heavy atom. The molecular formula is C21H38Si. The molecule has 3 rings (SSSR count). The van der Waals surface area contributed by atoms with Gasteiger partial charge in [0.2, 0.25) is 0 Å². The maximum atomic E-state index is 4.26. The quantitative estimate of drug-likeness (QED) is 0.361. The fourth-order valence-electron chi connectivity index (χ4n) is 6.67. The summed E-state index contributed by atoms with van der Waals surface area (Å²) in [6.45, 7) is 4.26. The zero-order valence-electron chi connectivity index (χ0n) is 14.8. The number of allylic oxidation sites excluding steroid dienone is 1. The predicted octanol–water partition coefficient (Wildman–Crippen LogP) is 7.62. The molecule has 0 heterocycles. The van der Waals surface area contributed by atoms with E-state index < -0.39 is 8.07 Å². The van der Waals surface area contributed by atoms with Gasteiger partial charge in [0.15, 0.2) is 0 Å². The zero-order valence-corrected chi connectivity index (χ0v) is 15.8. The van der Waals surface area contributed by atoms with Crippen molar-refractivity contribution in [2.24, 2.45) is 0 Å². The molecule has 22 heavy (non-hydrogen) atoms. The minimum Gasteiger partial charge on any atom is -0.103 e. The topological polar surface area (TPSA) is 0 Å². The summed E-state index contributed by atoms with van der Waals surface area (Å²) < 4.78 is 0. The summed E-state index contributed by atoms with van der Waals surface area (Å²) in [6, 6.07) is 1.47. The van der Waals surface area contributed by atoms with Gasteiger partial charge in [-0.2, -0.15) is 0 Å². The van der Waals surface area contributed by atoms with Gasteiger partial charge < -0.3 is 0 Å². The molecule has 3 saturated carbocycles. The molecule has 0 aromatic heterocycles. The van der Waals surface area contributed by atoms with Crippen molar-refractivity contribution in [3.05, 3.63) is 12.7 Å². The number of hydrogen-bond donors (Lipinski definition) is 0. The highest BCUT2D eigenvalue weighted by molar-refractivity contribution is 6.84. The minimum atomic E-state index is -1.21. The van der Waals surface area contributed by atoms with Gasteiger partial charge in [-0.15, -0.1) is 6.58 Å². The lowest BCUT2D eigenvalue weighted by molar-refractivity contribution is 0.415. The van der Waals surface area contributed by atoms with Crippen molar-refractivity contribution in [3.8, 4) is 0 Å². The Morgan fingerprint density at radius 2 is 0.909 bits per heavy atom. The van der Waals surface area contributed by atoms with Gasteiger partial charge in [-0.1, -0.05) is 102 Å². The molecule has 3 fully saturated rings. The normalized spacial score (nSPS) is 26.9. The second kappa shape index (κ2) is 8.17. The van der Waals surface area contributed by atoms with Gasteiger partial charge in [-0.3, -0.25) is 0 Å². The molecule has 0 radical (unpaired) electrons. The molecule has 3 aliphatic carbocycles. The third kappa shape index (κ3) is 3.40. The van der Waals surface area contributed by atoms with Gasteiger partial charge >= 0.3 is 0 Å². The molecule has 126 valence electrons. The van der Waals surface area contributed by atoms with Crippen LogP contribution in [0.4, 0.5) is 0 Å². The summed E-state index contributed by atoms with van der Waals surface area (Å²) in [7, 11) is -1.21. The van der Waals surface area contributed by atoms with Crippen LogP contribution < -0.4 is 0 Å². The molecule has 0 aliphatic heterocycles. The van der Waals surface area contributed by atoms with Crippen molar-refractivity contribution in [2.45, 2.75) is 119 Å². The summed E-state index contributed by atoms with van der Waals surface area (Å²) >= 11 is 0. The first-order chi connectivity index (χ1) is 10.9. The molecule has 0 bridgehead atoms. The standard InChI is InChI=1S/C21H38Si/c1-2-18-22(19-12-6-3-7-13-19,20-14-8-4-9-15-20)21-16-10-5-11-17-21/h2,19-21H,1,3-18H2. The van der Waals surface area contributed by atoms with E-state index in [9.17, 15) is 0 Å². The van der Waals surface area contributed by atoms with Crippen LogP contribution >= 0.6 is 0 Å². The number of rotatable bonds is 5. The maximum absolute atomic E-state index is 4.26. The van der Waals surface area contributed by atoms with E-state index in [0.29, 0.717) is 0 Å². The van der Waals surface area contributed by atoms with Gasteiger partial charge in [0.05, 0.1) is 8.07 Å². The zero-order chi connectivity index (χ0) is 15.3. The Kier molecular flexibility index (Phi) is 6.24. The van der Waals surface area contributed by atoms with E-state index in [4.69, 9.17) is 0 Å². The van der Waals surface area contributed by atoms with Crippen molar-refractivity contribution in [3.63, 3.8) is 0 Å². The van der Waals surface area contributed by atoms with E-state index in [1.54, 1.807) is 38.5 Å². The molecule has 0 saturated heterocycles. The van der Waals surface area contributed by atoms with Gasteiger partial charge in [-0.25, -0.2) is 0 Å². The van der Waals surface area contributed by atoms with Crippen LogP contribution in [0.2, 0.25) is 22.7 Å². The lowest BCUT2D eigenvalue weighted by Crippen LogP contribution is -2.50. The summed E-state index contributed by atoms with van der Waals surface area (Å²) in [6.07, 6.45) is 25.7. The van der Waals surface area contributed by atoms with E-state index in [1.165, 1.54) is 63.8 Å². The Balaban J connectivity index is 1.89. The first kappa shape index (κ1) is 16.8. The molecule has 0 aromatic rings. The third-order valence-electron chi connectivity index (χ3n) is 7.59. The van der Waals surface area contributed by atoms with Crippen molar-refractivity contribution < 1.29 is 0 Å². The van der Waals surface area contributed by atoms with E-state index in [-0.39, 0.29) is 0 Å². The molecule has 0 nitrogen and oxygen atoms in total. The molecular weight excluding hydrogens is 280 g/mol. The Hall–Kier alpha value is -0.0431. The van der Waals surface area contributed by atoms with Crippen molar-refractivity contribution in [1.29, 1.82) is 0 Å². The molecule has 1 heteroatoms. The fourth-order valence-corrected chi connectivity index (χ4v) is 14.6. The van der Waals surface area contributed by atoms with Crippen LogP contribution in [-0.4, -0.2) is 8.07 Å². The number of hydrogen-bond acceptors (Lipinski definition) is 0. The molecule has 0 N–H and O–H groups in total. The van der Waals surface area contributed by atoms with E-state index in [1.807, 2.05) is 0 Å². The molecule has 0 unspecified atom stereocenters. The SMILES string of the molecule is C=CC[Si](C1CCCCC1)(C1CCCCC1)C1CCCCC1. The predicted molar refractivity (Wildman–Crippen MR) is 101 cm³/mol. The fraction of sp³-hybridized carbons (Fsp3) is 0.905. The highest BCUT2D eigenvalue weighted by atomic mass is 28.3. The van der Waals surface area contributed by atoms with Gasteiger partial charge in [0.1, 0.15) is 0 Å². The third-order valence-corrected chi connectivity index (χ3v) is 14.9. The van der Waals surface area contributed by atoms with Crippen LogP contribution in [0.25, 0.3) is 0 Å². The van der Waals surface area contributed by atoms with Gasteiger partial charge in [-0.05, 0) is 22.7 Å². The molecule has 0 aromatic carbocycles. The summed E-state index contributed by atoms with van der Waals surface area (Å²) in [5.74, 6) is 0. The first-order valence-electron chi connectivity index (χ1n) is 10.5. The molecule has 0 atom stereocenters. The maximum Gasteiger partial charge on any atom is 0.0666 e. The Bertz CT molecular complexity index is 284. The molecule has 3 aliphatic rings. The van der Waals surface area contributed by atoms with Crippen LogP contribution in [0.5, 0.6) is 0 Å². The lowest BCUT2D eigenvalue weighted by atomic mass is 9.98. The summed E-state index contributed by atoms with van der Waals surface area (Å²) in [5.41, 5.74) is 3.47. The largest absolute Gasteiger partial charge is 0.103 e. The van der Waals surface area contributed by atoms with Crippen molar-refractivity contribution in [2.75, 3.05) is 0 Å². The summed E-state index contributed by atoms with van der Waals surface area (Å²) in [5, 5.41) is 0. The minimum absolute atomic E-state index is 1.16. The van der Waals surface area contributed by atoms with E-state index >= 15 is 0 Å².